The summed E-state index contributed by atoms with van der Waals surface area (Å²) in [6.45, 7) is 0.638. The van der Waals surface area contributed by atoms with Gasteiger partial charge < -0.3 is 9.84 Å². The standard InChI is InChI=1S/C5H7N3O2/c9-5(2-10-3-5)4-1-6-8-7-4/h1,9H,2-3H2,(H,6,7,8). The summed E-state index contributed by atoms with van der Waals surface area (Å²) in [6.07, 6.45) is 1.50. The van der Waals surface area contributed by atoms with Crippen molar-refractivity contribution in [2.75, 3.05) is 13.2 Å². The Balaban J connectivity index is 2.27. The van der Waals surface area contributed by atoms with E-state index in [1.807, 2.05) is 0 Å². The van der Waals surface area contributed by atoms with Gasteiger partial charge in [-0.15, -0.1) is 0 Å². The van der Waals surface area contributed by atoms with Crippen molar-refractivity contribution in [2.24, 2.45) is 0 Å². The lowest BCUT2D eigenvalue weighted by Crippen LogP contribution is -2.46. The summed E-state index contributed by atoms with van der Waals surface area (Å²) in [6, 6.07) is 0. The molecule has 1 fully saturated rings. The Kier molecular flexibility index (Phi) is 1.03. The first kappa shape index (κ1) is 5.82. The van der Waals surface area contributed by atoms with E-state index in [-0.39, 0.29) is 0 Å². The Morgan fingerprint density at radius 1 is 1.70 bits per heavy atom. The Morgan fingerprint density at radius 2 is 2.50 bits per heavy atom. The highest BCUT2D eigenvalue weighted by Gasteiger charge is 2.40. The molecule has 0 amide bonds. The monoisotopic (exact) mass is 141 g/mol. The molecule has 1 aromatic rings. The van der Waals surface area contributed by atoms with Crippen LogP contribution in [0.25, 0.3) is 0 Å². The molecule has 1 aromatic heterocycles. The van der Waals surface area contributed by atoms with Gasteiger partial charge in [-0.1, -0.05) is 0 Å². The molecule has 0 saturated carbocycles. The number of ether oxygens (including phenoxy) is 1. The van der Waals surface area contributed by atoms with Gasteiger partial charge >= 0.3 is 0 Å². The minimum absolute atomic E-state index is 0.319. The molecule has 1 aliphatic rings. The maximum absolute atomic E-state index is 9.52. The van der Waals surface area contributed by atoms with E-state index in [2.05, 4.69) is 15.4 Å². The van der Waals surface area contributed by atoms with Crippen LogP contribution in [0.15, 0.2) is 6.20 Å². The summed E-state index contributed by atoms with van der Waals surface area (Å²) in [4.78, 5) is 0. The van der Waals surface area contributed by atoms with Gasteiger partial charge in [-0.05, 0) is 0 Å². The highest BCUT2D eigenvalue weighted by Crippen LogP contribution is 2.26. The molecule has 0 bridgehead atoms. The van der Waals surface area contributed by atoms with Crippen molar-refractivity contribution in [3.05, 3.63) is 11.9 Å². The van der Waals surface area contributed by atoms with Crippen LogP contribution in [0.3, 0.4) is 0 Å². The lowest BCUT2D eigenvalue weighted by atomic mass is 9.99. The minimum Gasteiger partial charge on any atom is -0.379 e. The van der Waals surface area contributed by atoms with Gasteiger partial charge in [-0.3, -0.25) is 0 Å². The Labute approximate surface area is 57.0 Å². The summed E-state index contributed by atoms with van der Waals surface area (Å²) in [7, 11) is 0. The maximum Gasteiger partial charge on any atom is 0.156 e. The first-order chi connectivity index (χ1) is 4.81. The predicted octanol–water partition coefficient (Wildman–Crippen LogP) is -0.978. The second-order valence-electron chi connectivity index (χ2n) is 2.38. The highest BCUT2D eigenvalue weighted by molar-refractivity contribution is 5.09. The lowest BCUT2D eigenvalue weighted by molar-refractivity contribution is -0.186. The zero-order chi connectivity index (χ0) is 7.03. The topological polar surface area (TPSA) is 71.0 Å². The zero-order valence-electron chi connectivity index (χ0n) is 5.24. The molecular formula is C5H7N3O2. The number of hydrogen-bond acceptors (Lipinski definition) is 4. The molecule has 5 heteroatoms. The highest BCUT2D eigenvalue weighted by atomic mass is 16.5. The molecule has 0 aliphatic carbocycles. The summed E-state index contributed by atoms with van der Waals surface area (Å²) in [5.74, 6) is 0. The summed E-state index contributed by atoms with van der Waals surface area (Å²) in [5.41, 5.74) is -0.328. The smallest absolute Gasteiger partial charge is 0.156 e. The van der Waals surface area contributed by atoms with E-state index in [9.17, 15) is 5.11 Å². The Bertz CT molecular complexity index is 217. The number of nitrogens with zero attached hydrogens (tertiary/aromatic N) is 2. The third-order valence-electron chi connectivity index (χ3n) is 1.57. The number of aromatic nitrogens is 3. The predicted molar refractivity (Wildman–Crippen MR) is 31.1 cm³/mol. The second-order valence-corrected chi connectivity index (χ2v) is 2.38. The molecule has 0 unspecified atom stereocenters. The Morgan fingerprint density at radius 3 is 2.90 bits per heavy atom. The van der Waals surface area contributed by atoms with Crippen LogP contribution < -0.4 is 0 Å². The van der Waals surface area contributed by atoms with Gasteiger partial charge in [0, 0.05) is 0 Å². The SMILES string of the molecule is OC1(c2cn[nH]n2)COC1. The third kappa shape index (κ3) is 0.644. The number of nitrogens with one attached hydrogen (secondary N) is 1. The van der Waals surface area contributed by atoms with Crippen molar-refractivity contribution in [1.82, 2.24) is 15.4 Å². The molecule has 0 aromatic carbocycles. The first-order valence-electron chi connectivity index (χ1n) is 2.98. The zero-order valence-corrected chi connectivity index (χ0v) is 5.24. The van der Waals surface area contributed by atoms with Gasteiger partial charge in [0.25, 0.3) is 0 Å². The fourth-order valence-corrected chi connectivity index (χ4v) is 0.869. The number of hydrogen-bond donors (Lipinski definition) is 2. The van der Waals surface area contributed by atoms with Gasteiger partial charge in [0.2, 0.25) is 0 Å². The van der Waals surface area contributed by atoms with E-state index in [1.165, 1.54) is 6.20 Å². The van der Waals surface area contributed by atoms with Gasteiger partial charge in [0.1, 0.15) is 5.69 Å². The van der Waals surface area contributed by atoms with Crippen LogP contribution >= 0.6 is 0 Å². The van der Waals surface area contributed by atoms with Crippen molar-refractivity contribution < 1.29 is 9.84 Å². The van der Waals surface area contributed by atoms with Crippen LogP contribution in [-0.2, 0) is 10.3 Å². The molecule has 0 atom stereocenters. The number of aromatic amines is 1. The van der Waals surface area contributed by atoms with Crippen LogP contribution in [0.2, 0.25) is 0 Å². The van der Waals surface area contributed by atoms with Crippen LogP contribution in [0, 0.1) is 0 Å². The molecule has 10 heavy (non-hydrogen) atoms. The summed E-state index contributed by atoms with van der Waals surface area (Å²) in [5, 5.41) is 19.3. The Hall–Kier alpha value is -0.940. The van der Waals surface area contributed by atoms with Gasteiger partial charge in [0.05, 0.1) is 19.4 Å². The average molecular weight is 141 g/mol. The van der Waals surface area contributed by atoms with E-state index in [1.54, 1.807) is 0 Å². The minimum atomic E-state index is -0.882. The molecule has 1 saturated heterocycles. The second kappa shape index (κ2) is 1.77. The van der Waals surface area contributed by atoms with Crippen LogP contribution in [0.4, 0.5) is 0 Å². The van der Waals surface area contributed by atoms with E-state index < -0.39 is 5.60 Å². The summed E-state index contributed by atoms with van der Waals surface area (Å²) < 4.78 is 4.83. The van der Waals surface area contributed by atoms with E-state index in [4.69, 9.17) is 4.74 Å². The fourth-order valence-electron chi connectivity index (χ4n) is 0.869. The normalized spacial score (nSPS) is 22.1. The van der Waals surface area contributed by atoms with E-state index in [0.717, 1.165) is 0 Å². The molecule has 2 rings (SSSR count). The van der Waals surface area contributed by atoms with Crippen molar-refractivity contribution in [3.8, 4) is 0 Å². The molecule has 2 N–H and O–H groups in total. The van der Waals surface area contributed by atoms with Crippen molar-refractivity contribution in [3.63, 3.8) is 0 Å². The van der Waals surface area contributed by atoms with E-state index >= 15 is 0 Å². The molecular weight excluding hydrogens is 134 g/mol. The number of aliphatic hydroxyl groups is 1. The average Bonchev–Trinajstić information content (AvgIpc) is 2.33. The van der Waals surface area contributed by atoms with Crippen LogP contribution in [-0.4, -0.2) is 33.7 Å². The molecule has 1 aliphatic heterocycles. The van der Waals surface area contributed by atoms with Crippen LogP contribution in [0.5, 0.6) is 0 Å². The molecule has 54 valence electrons. The number of rotatable bonds is 1. The van der Waals surface area contributed by atoms with Crippen molar-refractivity contribution >= 4 is 0 Å². The van der Waals surface area contributed by atoms with Gasteiger partial charge in [-0.2, -0.15) is 15.4 Å². The lowest BCUT2D eigenvalue weighted by Gasteiger charge is -2.33. The third-order valence-corrected chi connectivity index (χ3v) is 1.57. The van der Waals surface area contributed by atoms with Crippen molar-refractivity contribution in [2.45, 2.75) is 5.60 Å². The van der Waals surface area contributed by atoms with E-state index in [0.29, 0.717) is 18.9 Å². The summed E-state index contributed by atoms with van der Waals surface area (Å²) >= 11 is 0. The van der Waals surface area contributed by atoms with Crippen LogP contribution in [0.1, 0.15) is 5.69 Å². The van der Waals surface area contributed by atoms with Crippen molar-refractivity contribution in [1.29, 1.82) is 0 Å². The quantitative estimate of drug-likeness (QED) is 0.527. The molecule has 5 nitrogen and oxygen atoms in total. The largest absolute Gasteiger partial charge is 0.379 e. The van der Waals surface area contributed by atoms with Gasteiger partial charge in [0.15, 0.2) is 5.60 Å². The maximum atomic E-state index is 9.52. The molecule has 0 radical (unpaired) electrons. The fraction of sp³-hybridized carbons (Fsp3) is 0.600. The van der Waals surface area contributed by atoms with Gasteiger partial charge in [-0.25, -0.2) is 0 Å². The molecule has 2 heterocycles. The number of H-pyrrole nitrogens is 1. The first-order valence-corrected chi connectivity index (χ1v) is 2.98. The molecule has 0 spiro atoms.